The summed E-state index contributed by atoms with van der Waals surface area (Å²) in [6.07, 6.45) is 0. The number of nitrogens with two attached hydrogens (primary N) is 1. The van der Waals surface area contributed by atoms with Crippen LogP contribution >= 0.6 is 11.6 Å². The van der Waals surface area contributed by atoms with Gasteiger partial charge in [0.2, 0.25) is 0 Å². The Morgan fingerprint density at radius 3 is 2.80 bits per heavy atom. The molecular formula is C13H13ClN4O2. The second-order valence-corrected chi connectivity index (χ2v) is 4.75. The van der Waals surface area contributed by atoms with E-state index in [0.29, 0.717) is 10.8 Å². The number of nitro groups is 1. The summed E-state index contributed by atoms with van der Waals surface area (Å²) in [5.74, 6) is 0.448. The van der Waals surface area contributed by atoms with E-state index in [4.69, 9.17) is 17.3 Å². The average molecular weight is 293 g/mol. The molecule has 2 rings (SSSR count). The van der Waals surface area contributed by atoms with Crippen LogP contribution < -0.4 is 11.1 Å². The maximum absolute atomic E-state index is 10.8. The molecular weight excluding hydrogens is 280 g/mol. The number of pyridine rings is 1. The Labute approximate surface area is 120 Å². The van der Waals surface area contributed by atoms with Gasteiger partial charge in [-0.25, -0.2) is 4.98 Å². The first-order valence-corrected chi connectivity index (χ1v) is 6.27. The van der Waals surface area contributed by atoms with Crippen molar-refractivity contribution in [2.24, 2.45) is 0 Å². The predicted octanol–water partition coefficient (Wildman–Crippen LogP) is 3.40. The first kappa shape index (κ1) is 14.1. The summed E-state index contributed by atoms with van der Waals surface area (Å²) in [6.45, 7) is 1.91. The quantitative estimate of drug-likeness (QED) is 0.665. The van der Waals surface area contributed by atoms with Crippen LogP contribution in [0.15, 0.2) is 36.4 Å². The van der Waals surface area contributed by atoms with Crippen LogP contribution in [-0.2, 0) is 0 Å². The van der Waals surface area contributed by atoms with E-state index < -0.39 is 4.92 Å². The largest absolute Gasteiger partial charge is 0.383 e. The number of anilines is 2. The lowest BCUT2D eigenvalue weighted by atomic mass is 10.1. The third kappa shape index (κ3) is 3.36. The number of nitrogens with one attached hydrogen (secondary N) is 1. The van der Waals surface area contributed by atoms with E-state index in [2.05, 4.69) is 10.3 Å². The fourth-order valence-corrected chi connectivity index (χ4v) is 2.00. The molecule has 6 nitrogen and oxygen atoms in total. The lowest BCUT2D eigenvalue weighted by molar-refractivity contribution is -0.384. The molecule has 1 aromatic heterocycles. The van der Waals surface area contributed by atoms with Gasteiger partial charge in [-0.1, -0.05) is 23.7 Å². The number of benzene rings is 1. The Bertz CT molecular complexity index is 648. The summed E-state index contributed by atoms with van der Waals surface area (Å²) in [7, 11) is 0. The molecule has 0 fully saturated rings. The fourth-order valence-electron chi connectivity index (χ4n) is 1.80. The first-order chi connectivity index (χ1) is 9.45. The smallest absolute Gasteiger partial charge is 0.276 e. The highest BCUT2D eigenvalue weighted by atomic mass is 35.5. The van der Waals surface area contributed by atoms with Crippen LogP contribution in [-0.4, -0.2) is 9.91 Å². The number of aromatic nitrogens is 1. The SMILES string of the molecule is CC(Nc1cc([N+](=O)[O-])cc(N)n1)c1cccc(Cl)c1. The number of rotatable bonds is 4. The van der Waals surface area contributed by atoms with E-state index in [1.165, 1.54) is 12.1 Å². The third-order valence-electron chi connectivity index (χ3n) is 2.75. The van der Waals surface area contributed by atoms with Crippen LogP contribution in [0.2, 0.25) is 5.02 Å². The molecule has 0 radical (unpaired) electrons. The zero-order valence-corrected chi connectivity index (χ0v) is 11.5. The maximum Gasteiger partial charge on any atom is 0.276 e. The molecule has 20 heavy (non-hydrogen) atoms. The molecule has 7 heteroatoms. The van der Waals surface area contributed by atoms with Gasteiger partial charge in [0.25, 0.3) is 5.69 Å². The number of hydrogen-bond acceptors (Lipinski definition) is 5. The van der Waals surface area contributed by atoms with Crippen molar-refractivity contribution in [3.05, 3.63) is 57.1 Å². The molecule has 1 atom stereocenters. The molecule has 0 spiro atoms. The van der Waals surface area contributed by atoms with Crippen molar-refractivity contribution in [1.82, 2.24) is 4.98 Å². The van der Waals surface area contributed by atoms with E-state index in [9.17, 15) is 10.1 Å². The van der Waals surface area contributed by atoms with Crippen molar-refractivity contribution >= 4 is 28.9 Å². The van der Waals surface area contributed by atoms with E-state index in [1.54, 1.807) is 6.07 Å². The van der Waals surface area contributed by atoms with Gasteiger partial charge in [-0.3, -0.25) is 10.1 Å². The number of nitrogens with zero attached hydrogens (tertiary/aromatic N) is 2. The molecule has 0 bridgehead atoms. The van der Waals surface area contributed by atoms with Crippen molar-refractivity contribution in [3.8, 4) is 0 Å². The second kappa shape index (κ2) is 5.75. The summed E-state index contributed by atoms with van der Waals surface area (Å²) in [5.41, 5.74) is 6.41. The summed E-state index contributed by atoms with van der Waals surface area (Å²) in [6, 6.07) is 9.80. The molecule has 1 heterocycles. The summed E-state index contributed by atoms with van der Waals surface area (Å²) < 4.78 is 0. The summed E-state index contributed by atoms with van der Waals surface area (Å²) >= 11 is 5.93. The first-order valence-electron chi connectivity index (χ1n) is 5.89. The molecule has 0 aliphatic rings. The highest BCUT2D eigenvalue weighted by Gasteiger charge is 2.12. The van der Waals surface area contributed by atoms with Crippen molar-refractivity contribution in [2.75, 3.05) is 11.1 Å². The molecule has 0 amide bonds. The third-order valence-corrected chi connectivity index (χ3v) is 2.99. The number of hydrogen-bond donors (Lipinski definition) is 2. The van der Waals surface area contributed by atoms with Crippen LogP contribution in [0.4, 0.5) is 17.3 Å². The molecule has 3 N–H and O–H groups in total. The van der Waals surface area contributed by atoms with Gasteiger partial charge in [-0.05, 0) is 24.6 Å². The normalized spacial score (nSPS) is 11.9. The zero-order valence-electron chi connectivity index (χ0n) is 10.7. The standard InChI is InChI=1S/C13H13ClN4O2/c1-8(9-3-2-4-10(14)5-9)16-13-7-11(18(19)20)6-12(15)17-13/h2-8H,1H3,(H3,15,16,17). The fraction of sp³-hybridized carbons (Fsp3) is 0.154. The van der Waals surface area contributed by atoms with Crippen LogP contribution in [0.25, 0.3) is 0 Å². The van der Waals surface area contributed by atoms with Crippen molar-refractivity contribution in [3.63, 3.8) is 0 Å². The Balaban J connectivity index is 2.23. The topological polar surface area (TPSA) is 94.1 Å². The Morgan fingerprint density at radius 1 is 1.40 bits per heavy atom. The monoisotopic (exact) mass is 292 g/mol. The number of nitrogen functional groups attached to an aromatic ring is 1. The van der Waals surface area contributed by atoms with Crippen LogP contribution in [0, 0.1) is 10.1 Å². The molecule has 1 aromatic carbocycles. The van der Waals surface area contributed by atoms with Gasteiger partial charge in [0.05, 0.1) is 17.1 Å². The second-order valence-electron chi connectivity index (χ2n) is 4.31. The van der Waals surface area contributed by atoms with Gasteiger partial charge >= 0.3 is 0 Å². The van der Waals surface area contributed by atoms with Crippen LogP contribution in [0.5, 0.6) is 0 Å². The molecule has 104 valence electrons. The van der Waals surface area contributed by atoms with Crippen molar-refractivity contribution in [1.29, 1.82) is 0 Å². The van der Waals surface area contributed by atoms with Crippen LogP contribution in [0.3, 0.4) is 0 Å². The van der Waals surface area contributed by atoms with Gasteiger partial charge in [0, 0.05) is 11.1 Å². The summed E-state index contributed by atoms with van der Waals surface area (Å²) in [4.78, 5) is 14.3. The van der Waals surface area contributed by atoms with E-state index >= 15 is 0 Å². The minimum atomic E-state index is -0.507. The van der Waals surface area contributed by atoms with Crippen molar-refractivity contribution < 1.29 is 4.92 Å². The Morgan fingerprint density at radius 2 is 2.15 bits per heavy atom. The number of halogens is 1. The Kier molecular flexibility index (Phi) is 4.05. The van der Waals surface area contributed by atoms with Gasteiger partial charge in [0.1, 0.15) is 11.6 Å². The average Bonchev–Trinajstić information content (AvgIpc) is 2.37. The molecule has 0 saturated carbocycles. The zero-order chi connectivity index (χ0) is 14.7. The molecule has 0 aliphatic carbocycles. The lowest BCUT2D eigenvalue weighted by Crippen LogP contribution is -2.09. The van der Waals surface area contributed by atoms with Crippen molar-refractivity contribution in [2.45, 2.75) is 13.0 Å². The minimum Gasteiger partial charge on any atom is -0.383 e. The molecule has 0 saturated heterocycles. The van der Waals surface area contributed by atoms with Gasteiger partial charge in [-0.2, -0.15) is 0 Å². The van der Waals surface area contributed by atoms with E-state index in [1.807, 2.05) is 25.1 Å². The van der Waals surface area contributed by atoms with Gasteiger partial charge < -0.3 is 11.1 Å². The van der Waals surface area contributed by atoms with Crippen LogP contribution in [0.1, 0.15) is 18.5 Å². The summed E-state index contributed by atoms with van der Waals surface area (Å²) in [5, 5.41) is 14.5. The predicted molar refractivity (Wildman–Crippen MR) is 78.8 cm³/mol. The van der Waals surface area contributed by atoms with Gasteiger partial charge in [0.15, 0.2) is 0 Å². The van der Waals surface area contributed by atoms with Gasteiger partial charge in [-0.15, -0.1) is 0 Å². The molecule has 2 aromatic rings. The van der Waals surface area contributed by atoms with E-state index in [-0.39, 0.29) is 17.5 Å². The highest BCUT2D eigenvalue weighted by Crippen LogP contribution is 2.24. The molecule has 0 aliphatic heterocycles. The van der Waals surface area contributed by atoms with E-state index in [0.717, 1.165) is 5.56 Å². The Hall–Kier alpha value is -2.34. The highest BCUT2D eigenvalue weighted by molar-refractivity contribution is 6.30. The minimum absolute atomic E-state index is 0.0972. The molecule has 1 unspecified atom stereocenters. The maximum atomic E-state index is 10.8. The lowest BCUT2D eigenvalue weighted by Gasteiger charge is -2.15.